The Hall–Kier alpha value is -0.111. The number of unbranched alkanes of at least 4 members (excludes halogenated alkanes) is 3. The number of allylic oxidation sites excluding steroid dienone is 1. The van der Waals surface area contributed by atoms with Gasteiger partial charge in [0.15, 0.2) is 0 Å². The molecule has 24 heavy (non-hydrogen) atoms. The second-order valence-corrected chi connectivity index (χ2v) is 21.6. The van der Waals surface area contributed by atoms with E-state index < -0.39 is 18.4 Å². The van der Waals surface area contributed by atoms with Gasteiger partial charge in [-0.1, -0.05) is 0 Å². The summed E-state index contributed by atoms with van der Waals surface area (Å²) in [5.41, 5.74) is 3.75. The van der Waals surface area contributed by atoms with Gasteiger partial charge in [0, 0.05) is 0 Å². The standard InChI is InChI=1S/C10H9S.3C4H9.Sn/c1-2-3-9-11-10-7-5-4-6-8-10;3*1-3-4-2;/h4-9H,1H3;3*1,3-4H2,2H3;. The van der Waals surface area contributed by atoms with E-state index in [-0.39, 0.29) is 0 Å². The molecular formula is C22H36SSn. The molecule has 0 fully saturated rings. The quantitative estimate of drug-likeness (QED) is 0.175. The normalized spacial score (nSPS) is 11.2. The molecular weight excluding hydrogens is 415 g/mol. The van der Waals surface area contributed by atoms with Gasteiger partial charge in [0.05, 0.1) is 0 Å². The number of hydrogen-bond donors (Lipinski definition) is 0. The third kappa shape index (κ3) is 7.85. The number of rotatable bonds is 12. The molecule has 0 saturated heterocycles. The molecule has 0 amide bonds. The molecule has 0 bridgehead atoms. The van der Waals surface area contributed by atoms with E-state index in [2.05, 4.69) is 69.2 Å². The molecule has 1 aromatic carbocycles. The van der Waals surface area contributed by atoms with E-state index in [4.69, 9.17) is 0 Å². The molecule has 0 atom stereocenters. The summed E-state index contributed by atoms with van der Waals surface area (Å²) < 4.78 is 6.29. The number of thioether (sulfide) groups is 1. The predicted octanol–water partition coefficient (Wildman–Crippen LogP) is 8.23. The van der Waals surface area contributed by atoms with Gasteiger partial charge in [0.1, 0.15) is 0 Å². The van der Waals surface area contributed by atoms with Crippen LogP contribution in [-0.2, 0) is 0 Å². The SMILES string of the molecule is CCC[CH2][Sn]([CH2]CCC)([CH2]CCC)[C](C)=C=CSc1ccccc1. The van der Waals surface area contributed by atoms with Crippen molar-refractivity contribution >= 4 is 30.1 Å². The van der Waals surface area contributed by atoms with Crippen LogP contribution in [0.3, 0.4) is 0 Å². The zero-order valence-electron chi connectivity index (χ0n) is 16.2. The molecule has 0 radical (unpaired) electrons. The van der Waals surface area contributed by atoms with Gasteiger partial charge in [-0.2, -0.15) is 0 Å². The molecule has 0 aromatic heterocycles. The number of hydrogen-bond acceptors (Lipinski definition) is 1. The van der Waals surface area contributed by atoms with Crippen LogP contribution in [0.5, 0.6) is 0 Å². The van der Waals surface area contributed by atoms with Gasteiger partial charge in [0.25, 0.3) is 0 Å². The summed E-state index contributed by atoms with van der Waals surface area (Å²) >= 11 is -0.401. The topological polar surface area (TPSA) is 0 Å². The van der Waals surface area contributed by atoms with Crippen LogP contribution in [0.15, 0.2) is 50.0 Å². The maximum atomic E-state index is 3.75. The van der Waals surface area contributed by atoms with Gasteiger partial charge in [-0.15, -0.1) is 0 Å². The minimum atomic E-state index is -2.21. The monoisotopic (exact) mass is 452 g/mol. The van der Waals surface area contributed by atoms with Crippen molar-refractivity contribution in [3.63, 3.8) is 0 Å². The van der Waals surface area contributed by atoms with Crippen LogP contribution in [0.1, 0.15) is 66.2 Å². The van der Waals surface area contributed by atoms with Gasteiger partial charge in [-0.3, -0.25) is 0 Å². The second-order valence-electron chi connectivity index (χ2n) is 6.91. The minimum absolute atomic E-state index is 1.31. The van der Waals surface area contributed by atoms with Crippen molar-refractivity contribution in [3.05, 3.63) is 45.1 Å². The Labute approximate surface area is 159 Å². The Morgan fingerprint density at radius 1 is 0.917 bits per heavy atom. The van der Waals surface area contributed by atoms with Crippen molar-refractivity contribution in [2.24, 2.45) is 0 Å². The van der Waals surface area contributed by atoms with E-state index in [9.17, 15) is 0 Å². The summed E-state index contributed by atoms with van der Waals surface area (Å²) in [4.78, 5) is 1.31. The molecule has 0 aliphatic rings. The first-order valence-electron chi connectivity index (χ1n) is 9.82. The van der Waals surface area contributed by atoms with Gasteiger partial charge in [-0.05, 0) is 0 Å². The van der Waals surface area contributed by atoms with Crippen molar-refractivity contribution in [2.75, 3.05) is 0 Å². The van der Waals surface area contributed by atoms with Crippen molar-refractivity contribution in [1.82, 2.24) is 0 Å². The maximum absolute atomic E-state index is 3.75. The molecule has 2 heteroatoms. The first-order valence-corrected chi connectivity index (χ1v) is 18.2. The zero-order valence-corrected chi connectivity index (χ0v) is 19.9. The summed E-state index contributed by atoms with van der Waals surface area (Å²) in [5.74, 6) is 0. The Morgan fingerprint density at radius 2 is 1.42 bits per heavy atom. The van der Waals surface area contributed by atoms with Crippen LogP contribution < -0.4 is 0 Å². The van der Waals surface area contributed by atoms with Crippen molar-refractivity contribution in [3.8, 4) is 0 Å². The molecule has 0 unspecified atom stereocenters. The molecule has 0 nitrogen and oxygen atoms in total. The van der Waals surface area contributed by atoms with Gasteiger partial charge in [0.2, 0.25) is 0 Å². The van der Waals surface area contributed by atoms with Crippen molar-refractivity contribution in [2.45, 2.75) is 84.4 Å². The second kappa shape index (κ2) is 13.1. The van der Waals surface area contributed by atoms with E-state index in [1.165, 1.54) is 56.7 Å². The van der Waals surface area contributed by atoms with Crippen LogP contribution in [0.2, 0.25) is 13.3 Å². The summed E-state index contributed by atoms with van der Waals surface area (Å²) in [6.45, 7) is 9.45. The fourth-order valence-corrected chi connectivity index (χ4v) is 19.6. The molecule has 0 N–H and O–H groups in total. The summed E-state index contributed by atoms with van der Waals surface area (Å²) in [6, 6.07) is 10.7. The predicted molar refractivity (Wildman–Crippen MR) is 114 cm³/mol. The van der Waals surface area contributed by atoms with Crippen LogP contribution >= 0.6 is 11.8 Å². The summed E-state index contributed by atoms with van der Waals surface area (Å²) in [6.07, 6.45) is 8.29. The first kappa shape index (κ1) is 21.9. The fraction of sp³-hybridized carbons (Fsp3) is 0.591. The Bertz CT molecular complexity index is 478. The Balaban J connectivity index is 2.96. The van der Waals surface area contributed by atoms with Gasteiger partial charge >= 0.3 is 160 Å². The first-order chi connectivity index (χ1) is 11.7. The summed E-state index contributed by atoms with van der Waals surface area (Å²) in [5, 5.41) is 2.22. The van der Waals surface area contributed by atoms with Crippen molar-refractivity contribution < 1.29 is 0 Å². The average molecular weight is 451 g/mol. The van der Waals surface area contributed by atoms with E-state index in [0.717, 1.165) is 0 Å². The third-order valence-corrected chi connectivity index (χ3v) is 22.0. The average Bonchev–Trinajstić information content (AvgIpc) is 2.62. The molecule has 0 aliphatic heterocycles. The molecule has 1 aromatic rings. The molecule has 1 rings (SSSR count). The van der Waals surface area contributed by atoms with Gasteiger partial charge < -0.3 is 0 Å². The van der Waals surface area contributed by atoms with E-state index in [1.807, 2.05) is 11.8 Å². The zero-order chi connectivity index (χ0) is 17.7. The fourth-order valence-electron chi connectivity index (χ4n) is 3.32. The van der Waals surface area contributed by atoms with Crippen LogP contribution in [0.25, 0.3) is 0 Å². The van der Waals surface area contributed by atoms with E-state index in [0.29, 0.717) is 0 Å². The third-order valence-electron chi connectivity index (χ3n) is 5.04. The Morgan fingerprint density at radius 3 is 1.88 bits per heavy atom. The van der Waals surface area contributed by atoms with E-state index in [1.54, 1.807) is 3.59 Å². The molecule has 0 aliphatic carbocycles. The molecule has 0 spiro atoms. The molecule has 0 saturated carbocycles. The van der Waals surface area contributed by atoms with Crippen molar-refractivity contribution in [1.29, 1.82) is 0 Å². The Kier molecular flexibility index (Phi) is 12.0. The van der Waals surface area contributed by atoms with Crippen LogP contribution in [0, 0.1) is 0 Å². The van der Waals surface area contributed by atoms with Crippen LogP contribution in [-0.4, -0.2) is 18.4 Å². The van der Waals surface area contributed by atoms with Crippen LogP contribution in [0.4, 0.5) is 0 Å². The summed E-state index contributed by atoms with van der Waals surface area (Å²) in [7, 11) is 0. The number of benzene rings is 1. The van der Waals surface area contributed by atoms with Gasteiger partial charge in [-0.25, -0.2) is 0 Å². The van der Waals surface area contributed by atoms with E-state index >= 15 is 0 Å². The molecule has 134 valence electrons. The molecule has 0 heterocycles.